The number of ether oxygens (including phenoxy) is 1. The van der Waals surface area contributed by atoms with Gasteiger partial charge in [0.1, 0.15) is 17.2 Å². The van der Waals surface area contributed by atoms with Crippen LogP contribution in [0.15, 0.2) is 109 Å². The van der Waals surface area contributed by atoms with Crippen LogP contribution >= 0.6 is 11.6 Å². The Balaban J connectivity index is 1.34. The van der Waals surface area contributed by atoms with E-state index in [-0.39, 0.29) is 10.7 Å². The molecular weight excluding hydrogens is 466 g/mol. The molecule has 1 amide bonds. The largest absolute Gasteiger partial charge is 0.439 e. The second-order valence-electron chi connectivity index (χ2n) is 7.58. The molecule has 4 aromatic rings. The number of hydrogen-bond acceptors (Lipinski definition) is 7. The molecule has 0 bridgehead atoms. The standard InChI is InChI=1S/C26H20ClN5O3/c27-23-15-24(29-17-28-23)35-21-13-11-18(12-14-21)30-25(33)22-16-31(19-7-3-1-4-8-19)32(26(22)34)20-9-5-2-6-10-20/h1-17,26,34H,(H,30,33). The van der Waals surface area contributed by atoms with Gasteiger partial charge in [-0.25, -0.2) is 15.0 Å². The van der Waals surface area contributed by atoms with Crippen molar-refractivity contribution in [1.29, 1.82) is 0 Å². The second-order valence-corrected chi connectivity index (χ2v) is 7.97. The van der Waals surface area contributed by atoms with Gasteiger partial charge in [0.25, 0.3) is 5.91 Å². The summed E-state index contributed by atoms with van der Waals surface area (Å²) in [6.45, 7) is 0. The minimum atomic E-state index is -1.18. The molecular formula is C26H20ClN5O3. The SMILES string of the molecule is O=C(Nc1ccc(Oc2cc(Cl)ncn2)cc1)C1=CN(c2ccccc2)N(c2ccccc2)C1O. The first-order chi connectivity index (χ1) is 17.1. The maximum Gasteiger partial charge on any atom is 0.257 e. The number of anilines is 3. The maximum atomic E-state index is 13.1. The fourth-order valence-electron chi connectivity index (χ4n) is 3.62. The first-order valence-corrected chi connectivity index (χ1v) is 11.1. The lowest BCUT2D eigenvalue weighted by Gasteiger charge is -2.33. The fourth-order valence-corrected chi connectivity index (χ4v) is 3.75. The van der Waals surface area contributed by atoms with Crippen molar-refractivity contribution < 1.29 is 14.6 Å². The molecule has 5 rings (SSSR count). The van der Waals surface area contributed by atoms with Gasteiger partial charge < -0.3 is 15.2 Å². The molecule has 2 N–H and O–H groups in total. The normalized spacial score (nSPS) is 15.0. The third kappa shape index (κ3) is 4.93. The summed E-state index contributed by atoms with van der Waals surface area (Å²) in [7, 11) is 0. The van der Waals surface area contributed by atoms with Crippen molar-refractivity contribution in [3.05, 3.63) is 114 Å². The number of hydrogen-bond donors (Lipinski definition) is 2. The quantitative estimate of drug-likeness (QED) is 0.371. The monoisotopic (exact) mass is 485 g/mol. The number of amides is 1. The van der Waals surface area contributed by atoms with Crippen molar-refractivity contribution in [2.45, 2.75) is 6.23 Å². The van der Waals surface area contributed by atoms with E-state index in [2.05, 4.69) is 15.3 Å². The Morgan fingerprint density at radius 1 is 0.914 bits per heavy atom. The Bertz CT molecular complexity index is 1350. The molecule has 1 atom stereocenters. The van der Waals surface area contributed by atoms with Crippen LogP contribution in [-0.2, 0) is 4.79 Å². The van der Waals surface area contributed by atoms with E-state index in [1.165, 1.54) is 12.4 Å². The number of aromatic nitrogens is 2. The first kappa shape index (κ1) is 22.4. The van der Waals surface area contributed by atoms with Crippen LogP contribution < -0.4 is 20.1 Å². The van der Waals surface area contributed by atoms with Crippen molar-refractivity contribution in [2.24, 2.45) is 0 Å². The van der Waals surface area contributed by atoms with Crippen LogP contribution in [0, 0.1) is 0 Å². The van der Waals surface area contributed by atoms with Gasteiger partial charge in [0, 0.05) is 18.0 Å². The third-order valence-electron chi connectivity index (χ3n) is 5.25. The number of nitrogens with one attached hydrogen (secondary N) is 1. The summed E-state index contributed by atoms with van der Waals surface area (Å²) in [5.74, 6) is 0.402. The number of halogens is 1. The number of nitrogens with zero attached hydrogens (tertiary/aromatic N) is 4. The summed E-state index contributed by atoms with van der Waals surface area (Å²) in [6.07, 6.45) is 1.77. The van der Waals surface area contributed by atoms with E-state index >= 15 is 0 Å². The first-order valence-electron chi connectivity index (χ1n) is 10.7. The number of carbonyl (C=O) groups excluding carboxylic acids is 1. The molecule has 35 heavy (non-hydrogen) atoms. The van der Waals surface area contributed by atoms with Crippen molar-refractivity contribution in [2.75, 3.05) is 15.3 Å². The van der Waals surface area contributed by atoms with Crippen LogP contribution in [0.2, 0.25) is 5.15 Å². The van der Waals surface area contributed by atoms with Gasteiger partial charge >= 0.3 is 0 Å². The molecule has 1 aromatic heterocycles. The summed E-state index contributed by atoms with van der Waals surface area (Å²) in [6, 6.07) is 27.2. The van der Waals surface area contributed by atoms with Crippen LogP contribution in [-0.4, -0.2) is 27.2 Å². The molecule has 0 saturated carbocycles. The number of benzene rings is 3. The van der Waals surface area contributed by atoms with E-state index in [0.29, 0.717) is 17.3 Å². The molecule has 3 aromatic carbocycles. The Morgan fingerprint density at radius 2 is 1.57 bits per heavy atom. The molecule has 0 spiro atoms. The van der Waals surface area contributed by atoms with E-state index < -0.39 is 12.1 Å². The van der Waals surface area contributed by atoms with Crippen LogP contribution in [0.5, 0.6) is 11.6 Å². The van der Waals surface area contributed by atoms with Gasteiger partial charge in [0.2, 0.25) is 5.88 Å². The third-order valence-corrected chi connectivity index (χ3v) is 5.46. The summed E-state index contributed by atoms with van der Waals surface area (Å²) >= 11 is 5.86. The number of rotatable bonds is 6. The predicted octanol–water partition coefficient (Wildman–Crippen LogP) is 5.00. The number of aliphatic hydroxyl groups is 1. The van der Waals surface area contributed by atoms with Crippen molar-refractivity contribution in [3.63, 3.8) is 0 Å². The molecule has 0 aliphatic carbocycles. The Labute approximate surface area is 206 Å². The maximum absolute atomic E-state index is 13.1. The lowest BCUT2D eigenvalue weighted by molar-refractivity contribution is -0.113. The molecule has 1 aliphatic rings. The lowest BCUT2D eigenvalue weighted by atomic mass is 10.2. The van der Waals surface area contributed by atoms with Gasteiger partial charge in [0.05, 0.1) is 16.9 Å². The zero-order valence-corrected chi connectivity index (χ0v) is 19.1. The van der Waals surface area contributed by atoms with Gasteiger partial charge in [-0.2, -0.15) is 0 Å². The molecule has 8 nitrogen and oxygen atoms in total. The molecule has 0 saturated heterocycles. The van der Waals surface area contributed by atoms with Crippen LogP contribution in [0.3, 0.4) is 0 Å². The highest BCUT2D eigenvalue weighted by molar-refractivity contribution is 6.29. The van der Waals surface area contributed by atoms with E-state index in [9.17, 15) is 9.90 Å². The zero-order valence-electron chi connectivity index (χ0n) is 18.3. The summed E-state index contributed by atoms with van der Waals surface area (Å²) in [4.78, 5) is 21.0. The topological polar surface area (TPSA) is 90.8 Å². The summed E-state index contributed by atoms with van der Waals surface area (Å²) < 4.78 is 5.65. The van der Waals surface area contributed by atoms with Gasteiger partial charge in [-0.05, 0) is 48.5 Å². The summed E-state index contributed by atoms with van der Waals surface area (Å²) in [5.41, 5.74) is 2.30. The number of hydrazine groups is 1. The van der Waals surface area contributed by atoms with Gasteiger partial charge in [-0.1, -0.05) is 48.0 Å². The molecule has 0 fully saturated rings. The van der Waals surface area contributed by atoms with E-state index in [1.807, 2.05) is 60.7 Å². The molecule has 9 heteroatoms. The highest BCUT2D eigenvalue weighted by Gasteiger charge is 2.36. The Kier molecular flexibility index (Phi) is 6.30. The van der Waals surface area contributed by atoms with Crippen molar-refractivity contribution in [3.8, 4) is 11.6 Å². The van der Waals surface area contributed by atoms with E-state index in [4.69, 9.17) is 16.3 Å². The highest BCUT2D eigenvalue weighted by Crippen LogP contribution is 2.33. The fraction of sp³-hybridized carbons (Fsp3) is 0.0385. The van der Waals surface area contributed by atoms with Gasteiger partial charge in [-0.3, -0.25) is 9.80 Å². The number of carbonyl (C=O) groups is 1. The average molecular weight is 486 g/mol. The van der Waals surface area contributed by atoms with Crippen LogP contribution in [0.25, 0.3) is 0 Å². The molecule has 1 aliphatic heterocycles. The van der Waals surface area contributed by atoms with Gasteiger partial charge in [-0.15, -0.1) is 0 Å². The van der Waals surface area contributed by atoms with Crippen LogP contribution in [0.4, 0.5) is 17.1 Å². The number of para-hydroxylation sites is 2. The van der Waals surface area contributed by atoms with Crippen molar-refractivity contribution in [1.82, 2.24) is 9.97 Å². The Morgan fingerprint density at radius 3 is 2.23 bits per heavy atom. The number of aliphatic hydroxyl groups excluding tert-OH is 1. The smallest absolute Gasteiger partial charge is 0.257 e. The zero-order chi connectivity index (χ0) is 24.2. The minimum Gasteiger partial charge on any atom is -0.439 e. The minimum absolute atomic E-state index is 0.202. The van der Waals surface area contributed by atoms with E-state index in [0.717, 1.165) is 11.4 Å². The average Bonchev–Trinajstić information content (AvgIpc) is 3.23. The van der Waals surface area contributed by atoms with Gasteiger partial charge in [0.15, 0.2) is 6.23 Å². The molecule has 0 radical (unpaired) electrons. The highest BCUT2D eigenvalue weighted by atomic mass is 35.5. The van der Waals surface area contributed by atoms with E-state index in [1.54, 1.807) is 40.5 Å². The predicted molar refractivity (Wildman–Crippen MR) is 134 cm³/mol. The summed E-state index contributed by atoms with van der Waals surface area (Å²) in [5, 5.41) is 17.7. The molecule has 174 valence electrons. The molecule has 2 heterocycles. The Hall–Kier alpha value is -4.40. The molecule has 1 unspecified atom stereocenters. The van der Waals surface area contributed by atoms with Crippen LogP contribution in [0.1, 0.15) is 0 Å². The second kappa shape index (κ2) is 9.84. The lowest BCUT2D eigenvalue weighted by Crippen LogP contribution is -2.43. The van der Waals surface area contributed by atoms with Crippen molar-refractivity contribution >= 4 is 34.6 Å².